The molecular formula is C12H16N2O4. The Hall–Kier alpha value is -2.08. The van der Waals surface area contributed by atoms with E-state index in [9.17, 15) is 9.59 Å². The molecule has 2 N–H and O–H groups in total. The second-order valence-electron chi connectivity index (χ2n) is 3.77. The zero-order valence-electron chi connectivity index (χ0n) is 10.3. The van der Waals surface area contributed by atoms with E-state index in [2.05, 4.69) is 5.32 Å². The average molecular weight is 252 g/mol. The topological polar surface area (TPSA) is 78.9 Å². The van der Waals surface area contributed by atoms with Gasteiger partial charge in [0.2, 0.25) is 0 Å². The molecule has 1 aromatic rings. The molecule has 0 aliphatic rings. The molecule has 0 aliphatic carbocycles. The second kappa shape index (κ2) is 6.61. The molecule has 2 amide bonds. The molecule has 6 heteroatoms. The number of urea groups is 1. The summed E-state index contributed by atoms with van der Waals surface area (Å²) in [5.41, 5.74) is 1.44. The second-order valence-corrected chi connectivity index (χ2v) is 3.77. The lowest BCUT2D eigenvalue weighted by Crippen LogP contribution is -2.35. The molecule has 0 heterocycles. The largest absolute Gasteiger partial charge is 0.480 e. The van der Waals surface area contributed by atoms with E-state index in [1.54, 1.807) is 19.2 Å². The van der Waals surface area contributed by atoms with Gasteiger partial charge in [0.25, 0.3) is 0 Å². The number of carbonyl (C=O) groups excluding carboxylic acids is 1. The molecule has 0 aliphatic heterocycles. The molecule has 0 spiro atoms. The number of carboxylic acid groups (broad SMARTS) is 1. The van der Waals surface area contributed by atoms with Crippen molar-refractivity contribution < 1.29 is 19.4 Å². The summed E-state index contributed by atoms with van der Waals surface area (Å²) in [5.74, 6) is -1.06. The molecule has 0 fully saturated rings. The van der Waals surface area contributed by atoms with Crippen LogP contribution in [0.4, 0.5) is 10.5 Å². The molecule has 0 unspecified atom stereocenters. The van der Waals surface area contributed by atoms with E-state index in [0.717, 1.165) is 10.5 Å². The normalized spacial score (nSPS) is 9.89. The number of likely N-dealkylation sites (N-methyl/N-ethyl adjacent to an activating group) is 1. The molecule has 0 radical (unpaired) electrons. The number of benzene rings is 1. The highest BCUT2D eigenvalue weighted by Crippen LogP contribution is 2.16. The van der Waals surface area contributed by atoms with E-state index in [1.807, 2.05) is 12.1 Å². The Morgan fingerprint density at radius 1 is 1.39 bits per heavy atom. The molecule has 0 saturated carbocycles. The van der Waals surface area contributed by atoms with Crippen molar-refractivity contribution in [2.75, 3.05) is 26.0 Å². The van der Waals surface area contributed by atoms with Gasteiger partial charge in [-0.25, -0.2) is 4.79 Å². The van der Waals surface area contributed by atoms with Crippen molar-refractivity contribution in [2.24, 2.45) is 0 Å². The fourth-order valence-electron chi connectivity index (χ4n) is 1.41. The van der Waals surface area contributed by atoms with Gasteiger partial charge in [0.15, 0.2) is 0 Å². The molecule has 0 saturated heterocycles. The predicted octanol–water partition coefficient (Wildman–Crippen LogP) is 1.38. The molecule has 18 heavy (non-hydrogen) atoms. The highest BCUT2D eigenvalue weighted by Gasteiger charge is 2.13. The van der Waals surface area contributed by atoms with Gasteiger partial charge in [0, 0.05) is 25.4 Å². The van der Waals surface area contributed by atoms with Crippen LogP contribution in [-0.4, -0.2) is 42.7 Å². The number of methoxy groups -OCH3 is 1. The number of ether oxygens (including phenoxy) is 1. The van der Waals surface area contributed by atoms with E-state index >= 15 is 0 Å². The maximum atomic E-state index is 11.7. The maximum Gasteiger partial charge on any atom is 0.323 e. The summed E-state index contributed by atoms with van der Waals surface area (Å²) in [5, 5.41) is 11.2. The number of para-hydroxylation sites is 1. The number of carboxylic acids is 1. The Labute approximate surface area is 105 Å². The number of amides is 2. The first kappa shape index (κ1) is 14.0. The van der Waals surface area contributed by atoms with Gasteiger partial charge < -0.3 is 20.1 Å². The third-order valence-corrected chi connectivity index (χ3v) is 2.28. The fourth-order valence-corrected chi connectivity index (χ4v) is 1.41. The van der Waals surface area contributed by atoms with Gasteiger partial charge in [-0.15, -0.1) is 0 Å². The summed E-state index contributed by atoms with van der Waals surface area (Å²) in [7, 11) is 2.98. The Morgan fingerprint density at radius 2 is 2.06 bits per heavy atom. The standard InChI is InChI=1S/C12H16N2O4/c1-14(7-11(15)16)12(17)13-10-6-4-3-5-9(10)8-18-2/h3-6H,7-8H2,1-2H3,(H,13,17)(H,15,16). The third-order valence-electron chi connectivity index (χ3n) is 2.28. The van der Waals surface area contributed by atoms with Crippen molar-refractivity contribution >= 4 is 17.7 Å². The van der Waals surface area contributed by atoms with Crippen LogP contribution >= 0.6 is 0 Å². The van der Waals surface area contributed by atoms with Crippen molar-refractivity contribution in [3.8, 4) is 0 Å². The maximum absolute atomic E-state index is 11.7. The van der Waals surface area contributed by atoms with Crippen molar-refractivity contribution in [3.05, 3.63) is 29.8 Å². The zero-order chi connectivity index (χ0) is 13.5. The number of anilines is 1. The highest BCUT2D eigenvalue weighted by molar-refractivity contribution is 5.91. The van der Waals surface area contributed by atoms with Crippen molar-refractivity contribution in [2.45, 2.75) is 6.61 Å². The summed E-state index contributed by atoms with van der Waals surface area (Å²) in [6.45, 7) is 0.0252. The molecule has 0 bridgehead atoms. The quantitative estimate of drug-likeness (QED) is 0.829. The summed E-state index contributed by atoms with van der Waals surface area (Å²) < 4.78 is 5.02. The highest BCUT2D eigenvalue weighted by atomic mass is 16.5. The number of hydrogen-bond donors (Lipinski definition) is 2. The summed E-state index contributed by atoms with van der Waals surface area (Å²) in [4.78, 5) is 23.3. The van der Waals surface area contributed by atoms with E-state index in [1.165, 1.54) is 7.05 Å². The van der Waals surface area contributed by atoms with Crippen LogP contribution in [0.3, 0.4) is 0 Å². The number of rotatable bonds is 5. The fraction of sp³-hybridized carbons (Fsp3) is 0.333. The summed E-state index contributed by atoms with van der Waals surface area (Å²) in [6.07, 6.45) is 0. The molecule has 0 aromatic heterocycles. The molecule has 1 aromatic carbocycles. The first-order valence-corrected chi connectivity index (χ1v) is 5.35. The van der Waals surface area contributed by atoms with Gasteiger partial charge in [-0.1, -0.05) is 18.2 Å². The Morgan fingerprint density at radius 3 is 2.67 bits per heavy atom. The van der Waals surface area contributed by atoms with E-state index in [0.29, 0.717) is 12.3 Å². The minimum absolute atomic E-state index is 0.349. The zero-order valence-corrected chi connectivity index (χ0v) is 10.3. The van der Waals surface area contributed by atoms with Crippen LogP contribution in [0.1, 0.15) is 5.56 Å². The molecule has 0 atom stereocenters. The number of nitrogens with one attached hydrogen (secondary N) is 1. The molecule has 1 rings (SSSR count). The molecular weight excluding hydrogens is 236 g/mol. The average Bonchev–Trinajstić information content (AvgIpc) is 2.31. The van der Waals surface area contributed by atoms with Crippen LogP contribution in [0.5, 0.6) is 0 Å². The van der Waals surface area contributed by atoms with Gasteiger partial charge in [-0.05, 0) is 6.07 Å². The lowest BCUT2D eigenvalue weighted by atomic mass is 10.2. The number of hydrogen-bond acceptors (Lipinski definition) is 3. The lowest BCUT2D eigenvalue weighted by Gasteiger charge is -2.17. The smallest absolute Gasteiger partial charge is 0.323 e. The Bertz CT molecular complexity index is 434. The van der Waals surface area contributed by atoms with Crippen molar-refractivity contribution in [1.82, 2.24) is 4.90 Å². The molecule has 6 nitrogen and oxygen atoms in total. The summed E-state index contributed by atoms with van der Waals surface area (Å²) >= 11 is 0. The monoisotopic (exact) mass is 252 g/mol. The molecule has 98 valence electrons. The van der Waals surface area contributed by atoms with Gasteiger partial charge in [0.1, 0.15) is 6.54 Å². The van der Waals surface area contributed by atoms with E-state index < -0.39 is 12.0 Å². The van der Waals surface area contributed by atoms with Crippen molar-refractivity contribution in [3.63, 3.8) is 0 Å². The van der Waals surface area contributed by atoms with Crippen LogP contribution in [-0.2, 0) is 16.1 Å². The lowest BCUT2D eigenvalue weighted by molar-refractivity contribution is -0.137. The van der Waals surface area contributed by atoms with Crippen LogP contribution in [0, 0.1) is 0 Å². The van der Waals surface area contributed by atoms with E-state index in [-0.39, 0.29) is 6.54 Å². The first-order valence-electron chi connectivity index (χ1n) is 5.35. The number of carbonyl (C=O) groups is 2. The van der Waals surface area contributed by atoms with Crippen molar-refractivity contribution in [1.29, 1.82) is 0 Å². The van der Waals surface area contributed by atoms with Crippen LogP contribution in [0.2, 0.25) is 0 Å². The van der Waals surface area contributed by atoms with Crippen LogP contribution in [0.15, 0.2) is 24.3 Å². The predicted molar refractivity (Wildman–Crippen MR) is 66.4 cm³/mol. The first-order chi connectivity index (χ1) is 8.54. The van der Waals surface area contributed by atoms with Gasteiger partial charge in [0.05, 0.1) is 6.61 Å². The van der Waals surface area contributed by atoms with Crippen LogP contribution in [0.25, 0.3) is 0 Å². The SMILES string of the molecule is COCc1ccccc1NC(=O)N(C)CC(=O)O. The Balaban J connectivity index is 2.72. The van der Waals surface area contributed by atoms with Gasteiger partial charge in [-0.3, -0.25) is 4.79 Å². The Kier molecular flexibility index (Phi) is 5.13. The van der Waals surface area contributed by atoms with E-state index in [4.69, 9.17) is 9.84 Å². The minimum Gasteiger partial charge on any atom is -0.480 e. The van der Waals surface area contributed by atoms with Crippen LogP contribution < -0.4 is 5.32 Å². The number of nitrogens with zero attached hydrogens (tertiary/aromatic N) is 1. The number of aliphatic carboxylic acids is 1. The van der Waals surface area contributed by atoms with Gasteiger partial charge >= 0.3 is 12.0 Å². The third kappa shape index (κ3) is 4.06. The minimum atomic E-state index is -1.06. The van der Waals surface area contributed by atoms with Gasteiger partial charge in [-0.2, -0.15) is 0 Å². The summed E-state index contributed by atoms with van der Waals surface area (Å²) in [6, 6.07) is 6.72.